The van der Waals surface area contributed by atoms with Gasteiger partial charge in [-0.15, -0.1) is 5.10 Å². The van der Waals surface area contributed by atoms with E-state index < -0.39 is 5.63 Å². The van der Waals surface area contributed by atoms with Crippen molar-refractivity contribution >= 4 is 16.9 Å². The summed E-state index contributed by atoms with van der Waals surface area (Å²) in [5, 5.41) is 8.71. The lowest BCUT2D eigenvalue weighted by molar-refractivity contribution is 0.0522. The zero-order valence-electron chi connectivity index (χ0n) is 14.9. The molecule has 138 valence electrons. The molecule has 1 atom stereocenters. The molecule has 1 unspecified atom stereocenters. The maximum absolute atomic E-state index is 12.9. The number of carbonyl (C=O) groups excluding carboxylic acids is 1. The Morgan fingerprint density at radius 3 is 2.89 bits per heavy atom. The number of aryl methyl sites for hydroxylation is 1. The zero-order valence-corrected chi connectivity index (χ0v) is 14.9. The molecular weight excluding hydrogens is 346 g/mol. The van der Waals surface area contributed by atoms with Crippen LogP contribution in [-0.4, -0.2) is 40.2 Å². The van der Waals surface area contributed by atoms with E-state index in [0.29, 0.717) is 24.6 Å². The van der Waals surface area contributed by atoms with Crippen molar-refractivity contribution in [3.8, 4) is 5.88 Å². The fraction of sp³-hybridized carbons (Fsp3) is 0.300. The number of hydrogen-bond donors (Lipinski definition) is 0. The molecule has 2 aromatic heterocycles. The first kappa shape index (κ1) is 17.2. The standard InChI is InChI=1S/C20H19N3O4/c1-13-8-9-18(22-21-13)26-15-6-4-10-23(12-15)19(24)16-11-14-5-2-3-7-17(14)27-20(16)25/h2-3,5,7-9,11,15H,4,6,10,12H2,1H3. The molecule has 3 aromatic rings. The van der Waals surface area contributed by atoms with Gasteiger partial charge in [-0.05, 0) is 38.0 Å². The number of nitrogens with zero attached hydrogens (tertiary/aromatic N) is 3. The van der Waals surface area contributed by atoms with Gasteiger partial charge in [0.2, 0.25) is 5.88 Å². The van der Waals surface area contributed by atoms with E-state index in [2.05, 4.69) is 10.2 Å². The summed E-state index contributed by atoms with van der Waals surface area (Å²) in [6.07, 6.45) is 1.41. The zero-order chi connectivity index (χ0) is 18.8. The average molecular weight is 365 g/mol. The first-order valence-corrected chi connectivity index (χ1v) is 8.89. The Bertz CT molecular complexity index is 1030. The van der Waals surface area contributed by atoms with Gasteiger partial charge < -0.3 is 14.1 Å². The molecule has 1 aromatic carbocycles. The van der Waals surface area contributed by atoms with Crippen molar-refractivity contribution < 1.29 is 13.9 Å². The van der Waals surface area contributed by atoms with Crippen LogP contribution in [0.5, 0.6) is 5.88 Å². The molecule has 1 aliphatic rings. The van der Waals surface area contributed by atoms with Gasteiger partial charge in [0.25, 0.3) is 5.91 Å². The van der Waals surface area contributed by atoms with Crippen molar-refractivity contribution in [1.82, 2.24) is 15.1 Å². The predicted octanol–water partition coefficient (Wildman–Crippen LogP) is 2.58. The summed E-state index contributed by atoms with van der Waals surface area (Å²) < 4.78 is 11.1. The Morgan fingerprint density at radius 2 is 2.07 bits per heavy atom. The Balaban J connectivity index is 1.52. The minimum Gasteiger partial charge on any atom is -0.471 e. The fourth-order valence-corrected chi connectivity index (χ4v) is 3.22. The summed E-state index contributed by atoms with van der Waals surface area (Å²) in [5.74, 6) is 0.0999. The van der Waals surface area contributed by atoms with E-state index in [1.165, 1.54) is 0 Å². The van der Waals surface area contributed by atoms with Crippen molar-refractivity contribution in [3.05, 3.63) is 64.1 Å². The second-order valence-corrected chi connectivity index (χ2v) is 6.63. The fourth-order valence-electron chi connectivity index (χ4n) is 3.22. The molecule has 7 heteroatoms. The van der Waals surface area contributed by atoms with Crippen LogP contribution in [0.15, 0.2) is 51.7 Å². The number of aromatic nitrogens is 2. The summed E-state index contributed by atoms with van der Waals surface area (Å²) >= 11 is 0. The lowest BCUT2D eigenvalue weighted by Crippen LogP contribution is -2.45. The van der Waals surface area contributed by atoms with E-state index in [0.717, 1.165) is 23.9 Å². The van der Waals surface area contributed by atoms with E-state index in [1.807, 2.05) is 25.1 Å². The highest BCUT2D eigenvalue weighted by Gasteiger charge is 2.28. The smallest absolute Gasteiger partial charge is 0.349 e. The Morgan fingerprint density at radius 1 is 1.22 bits per heavy atom. The van der Waals surface area contributed by atoms with Crippen LogP contribution in [0.2, 0.25) is 0 Å². The summed E-state index contributed by atoms with van der Waals surface area (Å²) in [6.45, 7) is 2.82. The minimum atomic E-state index is -0.619. The SMILES string of the molecule is Cc1ccc(OC2CCCN(C(=O)c3cc4ccccc4oc3=O)C2)nn1. The number of ether oxygens (including phenoxy) is 1. The number of fused-ring (bicyclic) bond motifs is 1. The van der Waals surface area contributed by atoms with Gasteiger partial charge >= 0.3 is 5.63 Å². The molecule has 0 bridgehead atoms. The number of carbonyl (C=O) groups is 1. The Kier molecular flexibility index (Phi) is 4.58. The van der Waals surface area contributed by atoms with E-state index in [9.17, 15) is 9.59 Å². The third kappa shape index (κ3) is 3.67. The number of hydrogen-bond acceptors (Lipinski definition) is 6. The molecule has 3 heterocycles. The van der Waals surface area contributed by atoms with Crippen LogP contribution in [0.3, 0.4) is 0 Å². The number of benzene rings is 1. The summed E-state index contributed by atoms with van der Waals surface area (Å²) in [7, 11) is 0. The van der Waals surface area contributed by atoms with Gasteiger partial charge in [-0.25, -0.2) is 4.79 Å². The van der Waals surface area contributed by atoms with Crippen LogP contribution in [0.1, 0.15) is 28.9 Å². The third-order valence-electron chi connectivity index (χ3n) is 4.60. The van der Waals surface area contributed by atoms with Crippen LogP contribution in [0.4, 0.5) is 0 Å². The average Bonchev–Trinajstić information content (AvgIpc) is 2.69. The van der Waals surface area contributed by atoms with E-state index >= 15 is 0 Å². The van der Waals surface area contributed by atoms with Crippen molar-refractivity contribution in [1.29, 1.82) is 0 Å². The predicted molar refractivity (Wildman–Crippen MR) is 98.8 cm³/mol. The second-order valence-electron chi connectivity index (χ2n) is 6.63. The van der Waals surface area contributed by atoms with Gasteiger partial charge in [-0.2, -0.15) is 5.10 Å². The number of likely N-dealkylation sites (tertiary alicyclic amines) is 1. The summed E-state index contributed by atoms with van der Waals surface area (Å²) in [5.41, 5.74) is 0.707. The highest BCUT2D eigenvalue weighted by molar-refractivity contribution is 5.96. The molecular formula is C20H19N3O4. The van der Waals surface area contributed by atoms with Gasteiger partial charge in [0.05, 0.1) is 12.2 Å². The van der Waals surface area contributed by atoms with Crippen molar-refractivity contribution in [3.63, 3.8) is 0 Å². The van der Waals surface area contributed by atoms with E-state index in [4.69, 9.17) is 9.15 Å². The van der Waals surface area contributed by atoms with Crippen molar-refractivity contribution in [2.75, 3.05) is 13.1 Å². The van der Waals surface area contributed by atoms with Crippen LogP contribution >= 0.6 is 0 Å². The van der Waals surface area contributed by atoms with Crippen LogP contribution in [0.25, 0.3) is 11.0 Å². The molecule has 1 saturated heterocycles. The first-order valence-electron chi connectivity index (χ1n) is 8.89. The van der Waals surface area contributed by atoms with Crippen molar-refractivity contribution in [2.24, 2.45) is 0 Å². The second kappa shape index (κ2) is 7.19. The van der Waals surface area contributed by atoms with Gasteiger partial charge in [-0.3, -0.25) is 4.79 Å². The van der Waals surface area contributed by atoms with Gasteiger partial charge in [0.1, 0.15) is 17.3 Å². The molecule has 0 aliphatic carbocycles. The van der Waals surface area contributed by atoms with Gasteiger partial charge in [0, 0.05) is 18.0 Å². The molecule has 1 fully saturated rings. The quantitative estimate of drug-likeness (QED) is 0.663. The van der Waals surface area contributed by atoms with Crippen LogP contribution < -0.4 is 10.4 Å². The van der Waals surface area contributed by atoms with E-state index in [1.54, 1.807) is 29.2 Å². The van der Waals surface area contributed by atoms with Crippen molar-refractivity contribution in [2.45, 2.75) is 25.9 Å². The lowest BCUT2D eigenvalue weighted by atomic mass is 10.1. The number of amides is 1. The molecule has 4 rings (SSSR count). The maximum atomic E-state index is 12.9. The third-order valence-corrected chi connectivity index (χ3v) is 4.60. The molecule has 7 nitrogen and oxygen atoms in total. The van der Waals surface area contributed by atoms with Gasteiger partial charge in [-0.1, -0.05) is 18.2 Å². The maximum Gasteiger partial charge on any atom is 0.349 e. The molecule has 0 radical (unpaired) electrons. The molecule has 1 amide bonds. The lowest BCUT2D eigenvalue weighted by Gasteiger charge is -2.32. The molecule has 0 saturated carbocycles. The molecule has 0 N–H and O–H groups in total. The molecule has 1 aliphatic heterocycles. The van der Waals surface area contributed by atoms with E-state index in [-0.39, 0.29) is 17.6 Å². The molecule has 0 spiro atoms. The minimum absolute atomic E-state index is 0.0458. The van der Waals surface area contributed by atoms with Crippen LogP contribution in [-0.2, 0) is 0 Å². The van der Waals surface area contributed by atoms with Crippen LogP contribution in [0, 0.1) is 6.92 Å². The Hall–Kier alpha value is -3.22. The Labute approximate surface area is 155 Å². The summed E-state index contributed by atoms with van der Waals surface area (Å²) in [4.78, 5) is 26.8. The summed E-state index contributed by atoms with van der Waals surface area (Å²) in [6, 6.07) is 12.3. The highest BCUT2D eigenvalue weighted by atomic mass is 16.5. The normalized spacial score (nSPS) is 17.1. The first-order chi connectivity index (χ1) is 13.1. The number of piperidine rings is 1. The largest absolute Gasteiger partial charge is 0.471 e. The van der Waals surface area contributed by atoms with Gasteiger partial charge in [0.15, 0.2) is 0 Å². The number of rotatable bonds is 3. The topological polar surface area (TPSA) is 85.5 Å². The monoisotopic (exact) mass is 365 g/mol. The molecule has 27 heavy (non-hydrogen) atoms. The number of para-hydroxylation sites is 1. The highest BCUT2D eigenvalue weighted by Crippen LogP contribution is 2.19.